The monoisotopic (exact) mass is 260 g/mol. The van der Waals surface area contributed by atoms with E-state index in [1.165, 1.54) is 6.20 Å². The van der Waals surface area contributed by atoms with E-state index in [1.54, 1.807) is 0 Å². The van der Waals surface area contributed by atoms with Crippen LogP contribution in [0.2, 0.25) is 0 Å². The van der Waals surface area contributed by atoms with Gasteiger partial charge in [0, 0.05) is 6.54 Å². The maximum Gasteiger partial charge on any atom is 0.245 e. The number of hydrogen-bond acceptors (Lipinski definition) is 4. The van der Waals surface area contributed by atoms with Crippen molar-refractivity contribution < 1.29 is 8.42 Å². The molecule has 0 spiro atoms. The molecule has 1 rings (SSSR count). The lowest BCUT2D eigenvalue weighted by atomic mass is 10.1. The van der Waals surface area contributed by atoms with E-state index in [9.17, 15) is 8.42 Å². The van der Waals surface area contributed by atoms with Crippen LogP contribution in [-0.2, 0) is 10.0 Å². The number of nitrogens with two attached hydrogens (primary N) is 1. The topological polar surface area (TPSA) is 101 Å². The fraction of sp³-hybridized carbons (Fsp3) is 0.700. The molecule has 0 saturated heterocycles. The number of anilines is 1. The summed E-state index contributed by atoms with van der Waals surface area (Å²) in [7, 11) is -3.52. The van der Waals surface area contributed by atoms with Crippen LogP contribution in [0.1, 0.15) is 33.1 Å². The molecule has 0 aliphatic heterocycles. The van der Waals surface area contributed by atoms with Crippen molar-refractivity contribution in [3.8, 4) is 0 Å². The van der Waals surface area contributed by atoms with Gasteiger partial charge >= 0.3 is 0 Å². The summed E-state index contributed by atoms with van der Waals surface area (Å²) in [6.07, 6.45) is 4.16. The Morgan fingerprint density at radius 2 is 2.18 bits per heavy atom. The molecule has 0 aliphatic rings. The highest BCUT2D eigenvalue weighted by molar-refractivity contribution is 7.89. The van der Waals surface area contributed by atoms with E-state index in [1.807, 2.05) is 0 Å². The van der Waals surface area contributed by atoms with Crippen molar-refractivity contribution in [2.45, 2.75) is 38.0 Å². The van der Waals surface area contributed by atoms with Gasteiger partial charge in [0.25, 0.3) is 0 Å². The number of H-pyrrole nitrogens is 1. The summed E-state index contributed by atoms with van der Waals surface area (Å²) in [6, 6.07) is 0. The third-order valence-corrected chi connectivity index (χ3v) is 3.91. The molecule has 17 heavy (non-hydrogen) atoms. The molecule has 7 heteroatoms. The first kappa shape index (κ1) is 14.0. The molecular formula is C10H20N4O2S. The molecular weight excluding hydrogens is 240 g/mol. The first-order valence-corrected chi connectivity index (χ1v) is 7.20. The molecule has 98 valence electrons. The van der Waals surface area contributed by atoms with E-state index < -0.39 is 10.0 Å². The van der Waals surface area contributed by atoms with Gasteiger partial charge in [0.15, 0.2) is 0 Å². The number of sulfonamides is 1. The highest BCUT2D eigenvalue weighted by atomic mass is 32.2. The van der Waals surface area contributed by atoms with Crippen molar-refractivity contribution in [3.05, 3.63) is 6.20 Å². The first-order valence-electron chi connectivity index (χ1n) is 5.72. The van der Waals surface area contributed by atoms with Gasteiger partial charge in [-0.15, -0.1) is 0 Å². The maximum absolute atomic E-state index is 11.8. The molecule has 1 heterocycles. The van der Waals surface area contributed by atoms with Crippen LogP contribution in [0.25, 0.3) is 0 Å². The quantitative estimate of drug-likeness (QED) is 0.639. The molecule has 0 radical (unpaired) electrons. The summed E-state index contributed by atoms with van der Waals surface area (Å²) in [5.41, 5.74) is 5.46. The molecule has 0 aromatic carbocycles. The molecule has 0 bridgehead atoms. The molecule has 1 aromatic rings. The van der Waals surface area contributed by atoms with Gasteiger partial charge in [-0.05, 0) is 12.3 Å². The Morgan fingerprint density at radius 3 is 2.71 bits per heavy atom. The summed E-state index contributed by atoms with van der Waals surface area (Å²) in [4.78, 5) is 0.0151. The average Bonchev–Trinajstić information content (AvgIpc) is 2.64. The number of hydrogen-bond donors (Lipinski definition) is 3. The number of aromatic nitrogens is 2. The second-order valence-corrected chi connectivity index (χ2v) is 6.17. The zero-order chi connectivity index (χ0) is 12.9. The van der Waals surface area contributed by atoms with Crippen LogP contribution in [0.3, 0.4) is 0 Å². The van der Waals surface area contributed by atoms with Crippen molar-refractivity contribution in [2.75, 3.05) is 12.3 Å². The van der Waals surface area contributed by atoms with E-state index in [0.29, 0.717) is 12.5 Å². The molecule has 0 aliphatic carbocycles. The minimum absolute atomic E-state index is 0.0151. The minimum atomic E-state index is -3.52. The average molecular weight is 260 g/mol. The molecule has 0 unspecified atom stereocenters. The minimum Gasteiger partial charge on any atom is -0.383 e. The summed E-state index contributed by atoms with van der Waals surface area (Å²) in [6.45, 7) is 4.73. The molecule has 0 atom stereocenters. The van der Waals surface area contributed by atoms with E-state index >= 15 is 0 Å². The van der Waals surface area contributed by atoms with Crippen LogP contribution in [0, 0.1) is 5.92 Å². The van der Waals surface area contributed by atoms with Gasteiger partial charge in [-0.1, -0.05) is 26.7 Å². The van der Waals surface area contributed by atoms with Crippen molar-refractivity contribution in [1.82, 2.24) is 14.9 Å². The van der Waals surface area contributed by atoms with Crippen molar-refractivity contribution in [1.29, 1.82) is 0 Å². The smallest absolute Gasteiger partial charge is 0.245 e. The van der Waals surface area contributed by atoms with E-state index in [-0.39, 0.29) is 10.7 Å². The molecule has 1 aromatic heterocycles. The largest absolute Gasteiger partial charge is 0.383 e. The number of rotatable bonds is 7. The normalized spacial score (nSPS) is 12.2. The molecule has 6 nitrogen and oxygen atoms in total. The van der Waals surface area contributed by atoms with Gasteiger partial charge in [-0.25, -0.2) is 13.1 Å². The van der Waals surface area contributed by atoms with Crippen LogP contribution in [0.5, 0.6) is 0 Å². The number of nitrogen functional groups attached to an aromatic ring is 1. The molecule has 4 N–H and O–H groups in total. The van der Waals surface area contributed by atoms with Crippen molar-refractivity contribution in [3.63, 3.8) is 0 Å². The second-order valence-electron chi connectivity index (χ2n) is 4.44. The van der Waals surface area contributed by atoms with Crippen molar-refractivity contribution in [2.24, 2.45) is 5.92 Å². The third-order valence-electron chi connectivity index (χ3n) is 2.42. The lowest BCUT2D eigenvalue weighted by Gasteiger charge is -2.06. The van der Waals surface area contributed by atoms with Gasteiger partial charge in [-0.2, -0.15) is 5.10 Å². The summed E-state index contributed by atoms with van der Waals surface area (Å²) < 4.78 is 26.0. The summed E-state index contributed by atoms with van der Waals surface area (Å²) in [5.74, 6) is 0.718. The summed E-state index contributed by atoms with van der Waals surface area (Å²) in [5, 5.41) is 5.99. The number of aromatic amines is 1. The number of unbranched alkanes of at least 4 members (excludes halogenated alkanes) is 1. The highest BCUT2D eigenvalue weighted by Crippen LogP contribution is 2.13. The zero-order valence-electron chi connectivity index (χ0n) is 10.2. The fourth-order valence-corrected chi connectivity index (χ4v) is 2.56. The molecule has 0 amide bonds. The van der Waals surface area contributed by atoms with Crippen molar-refractivity contribution >= 4 is 15.8 Å². The molecule has 0 saturated carbocycles. The molecule has 0 fully saturated rings. The maximum atomic E-state index is 11.8. The van der Waals surface area contributed by atoms with Crippen LogP contribution < -0.4 is 10.5 Å². The van der Waals surface area contributed by atoms with Gasteiger partial charge < -0.3 is 5.73 Å². The third kappa shape index (κ3) is 4.35. The SMILES string of the molecule is CC(C)CCCCNS(=O)(=O)c1cn[nH]c1N. The van der Waals surface area contributed by atoms with Crippen LogP contribution in [0.4, 0.5) is 5.82 Å². The zero-order valence-corrected chi connectivity index (χ0v) is 11.0. The lowest BCUT2D eigenvalue weighted by molar-refractivity contribution is 0.530. The lowest BCUT2D eigenvalue weighted by Crippen LogP contribution is -2.25. The van der Waals surface area contributed by atoms with Gasteiger partial charge in [0.2, 0.25) is 10.0 Å². The van der Waals surface area contributed by atoms with Gasteiger partial charge in [-0.3, -0.25) is 5.10 Å². The van der Waals surface area contributed by atoms with E-state index in [4.69, 9.17) is 5.73 Å². The van der Waals surface area contributed by atoms with Crippen LogP contribution >= 0.6 is 0 Å². The summed E-state index contributed by atoms with van der Waals surface area (Å²) >= 11 is 0. The number of nitrogens with zero attached hydrogens (tertiary/aromatic N) is 1. The Labute approximate surface area is 102 Å². The van der Waals surface area contributed by atoms with Crippen LogP contribution in [0.15, 0.2) is 11.1 Å². The fourth-order valence-electron chi connectivity index (χ4n) is 1.46. The second kappa shape index (κ2) is 6.02. The predicted molar refractivity (Wildman–Crippen MR) is 66.9 cm³/mol. The van der Waals surface area contributed by atoms with E-state index in [0.717, 1.165) is 19.3 Å². The Balaban J connectivity index is 2.39. The Kier molecular flexibility index (Phi) is 4.95. The van der Waals surface area contributed by atoms with E-state index in [2.05, 4.69) is 28.8 Å². The first-order chi connectivity index (χ1) is 7.93. The van der Waals surface area contributed by atoms with Gasteiger partial charge in [0.05, 0.1) is 6.20 Å². The number of nitrogens with one attached hydrogen (secondary N) is 2. The Bertz CT molecular complexity index is 439. The highest BCUT2D eigenvalue weighted by Gasteiger charge is 2.18. The predicted octanol–water partition coefficient (Wildman–Crippen LogP) is 1.10. The van der Waals surface area contributed by atoms with Crippen LogP contribution in [-0.4, -0.2) is 25.2 Å². The Hall–Kier alpha value is -1.08. The standard InChI is InChI=1S/C10H20N4O2S/c1-8(2)5-3-4-6-13-17(15,16)9-7-12-14-10(9)11/h7-8,13H,3-6H2,1-2H3,(H3,11,12,14). The van der Waals surface area contributed by atoms with Gasteiger partial charge in [0.1, 0.15) is 10.7 Å². The Morgan fingerprint density at radius 1 is 1.47 bits per heavy atom.